The number of ketones is 1. The fourth-order valence-electron chi connectivity index (χ4n) is 3.35. The Morgan fingerprint density at radius 3 is 2.59 bits per heavy atom. The molecule has 1 aliphatic rings. The Morgan fingerprint density at radius 2 is 1.86 bits per heavy atom. The van der Waals surface area contributed by atoms with E-state index in [0.717, 1.165) is 31.4 Å². The lowest BCUT2D eigenvalue weighted by Crippen LogP contribution is -2.30. The zero-order valence-corrected chi connectivity index (χ0v) is 13.1. The Labute approximate surface area is 132 Å². The van der Waals surface area contributed by atoms with Gasteiger partial charge in [-0.2, -0.15) is 0 Å². The predicted octanol–water partition coefficient (Wildman–Crippen LogP) is 4.91. The van der Waals surface area contributed by atoms with Crippen LogP contribution < -0.4 is 5.32 Å². The summed E-state index contributed by atoms with van der Waals surface area (Å²) in [6, 6.07) is 18.8. The molecule has 22 heavy (non-hydrogen) atoms. The fourth-order valence-corrected chi connectivity index (χ4v) is 3.35. The summed E-state index contributed by atoms with van der Waals surface area (Å²) in [4.78, 5) is 12.4. The average Bonchev–Trinajstić information content (AvgIpc) is 2.54. The van der Waals surface area contributed by atoms with Gasteiger partial charge in [0.2, 0.25) is 0 Å². The molecular formula is C20H23NO. The molecule has 0 amide bonds. The van der Waals surface area contributed by atoms with Gasteiger partial charge in [-0.25, -0.2) is 0 Å². The fraction of sp³-hybridized carbons (Fsp3) is 0.350. The Morgan fingerprint density at radius 1 is 1.05 bits per heavy atom. The molecule has 1 fully saturated rings. The van der Waals surface area contributed by atoms with E-state index in [1.807, 2.05) is 18.2 Å². The van der Waals surface area contributed by atoms with Gasteiger partial charge in [-0.15, -0.1) is 0 Å². The number of benzene rings is 2. The summed E-state index contributed by atoms with van der Waals surface area (Å²) in [7, 11) is 0. The Bertz CT molecular complexity index is 635. The highest BCUT2D eigenvalue weighted by atomic mass is 16.1. The molecule has 2 atom stereocenters. The number of rotatable bonds is 4. The molecule has 2 nitrogen and oxygen atoms in total. The largest absolute Gasteiger partial charge is 0.377 e. The van der Waals surface area contributed by atoms with Crippen molar-refractivity contribution in [1.82, 2.24) is 0 Å². The SMILES string of the molecule is Cc1cccc(N[C@H](c2ccccc2)[C@H]2CCCCC2=O)c1. The van der Waals surface area contributed by atoms with Gasteiger partial charge in [0.05, 0.1) is 6.04 Å². The van der Waals surface area contributed by atoms with Gasteiger partial charge in [0.1, 0.15) is 5.78 Å². The highest BCUT2D eigenvalue weighted by Crippen LogP contribution is 2.34. The van der Waals surface area contributed by atoms with Gasteiger partial charge < -0.3 is 5.32 Å². The molecule has 2 aromatic carbocycles. The molecule has 0 aromatic heterocycles. The zero-order chi connectivity index (χ0) is 15.4. The molecule has 0 aliphatic heterocycles. The van der Waals surface area contributed by atoms with Crippen molar-refractivity contribution < 1.29 is 4.79 Å². The van der Waals surface area contributed by atoms with Crippen molar-refractivity contribution in [3.05, 3.63) is 65.7 Å². The van der Waals surface area contributed by atoms with Gasteiger partial charge in [-0.1, -0.05) is 48.9 Å². The molecule has 1 aliphatic carbocycles. The minimum Gasteiger partial charge on any atom is -0.377 e. The smallest absolute Gasteiger partial charge is 0.138 e. The van der Waals surface area contributed by atoms with Gasteiger partial charge in [0, 0.05) is 18.0 Å². The van der Waals surface area contributed by atoms with Crippen LogP contribution >= 0.6 is 0 Å². The molecule has 2 aromatic rings. The maximum atomic E-state index is 12.4. The summed E-state index contributed by atoms with van der Waals surface area (Å²) in [5.74, 6) is 0.483. The van der Waals surface area contributed by atoms with Crippen LogP contribution in [0.3, 0.4) is 0 Å². The second-order valence-corrected chi connectivity index (χ2v) is 6.22. The minimum absolute atomic E-state index is 0.0656. The number of nitrogens with one attached hydrogen (secondary N) is 1. The first-order valence-corrected chi connectivity index (χ1v) is 8.15. The van der Waals surface area contributed by atoms with E-state index in [9.17, 15) is 4.79 Å². The van der Waals surface area contributed by atoms with Gasteiger partial charge in [0.25, 0.3) is 0 Å². The number of aryl methyl sites for hydroxylation is 1. The molecule has 1 N–H and O–H groups in total. The lowest BCUT2D eigenvalue weighted by molar-refractivity contribution is -0.125. The summed E-state index contributed by atoms with van der Waals surface area (Å²) in [5.41, 5.74) is 3.52. The van der Waals surface area contributed by atoms with Crippen LogP contribution in [-0.4, -0.2) is 5.78 Å². The van der Waals surface area contributed by atoms with Crippen LogP contribution in [0, 0.1) is 12.8 Å². The Kier molecular flexibility index (Phi) is 4.57. The van der Waals surface area contributed by atoms with E-state index >= 15 is 0 Å². The molecule has 0 saturated heterocycles. The molecule has 0 bridgehead atoms. The topological polar surface area (TPSA) is 29.1 Å². The Balaban J connectivity index is 1.90. The molecule has 2 heteroatoms. The summed E-state index contributed by atoms with van der Waals surface area (Å²) >= 11 is 0. The van der Waals surface area contributed by atoms with Crippen molar-refractivity contribution in [3.63, 3.8) is 0 Å². The van der Waals surface area contributed by atoms with E-state index < -0.39 is 0 Å². The zero-order valence-electron chi connectivity index (χ0n) is 13.1. The van der Waals surface area contributed by atoms with Gasteiger partial charge >= 0.3 is 0 Å². The van der Waals surface area contributed by atoms with Crippen molar-refractivity contribution in [2.45, 2.75) is 38.6 Å². The van der Waals surface area contributed by atoms with E-state index in [1.54, 1.807) is 0 Å². The van der Waals surface area contributed by atoms with E-state index in [2.05, 4.69) is 48.6 Å². The maximum absolute atomic E-state index is 12.4. The standard InChI is InChI=1S/C20H23NO/c1-15-8-7-11-17(14-15)21-20(16-9-3-2-4-10-16)18-12-5-6-13-19(18)22/h2-4,7-11,14,18,20-21H,5-6,12-13H2,1H3/t18-,20+/m0/s1. The monoisotopic (exact) mass is 293 g/mol. The van der Waals surface area contributed by atoms with Crippen LogP contribution in [0.4, 0.5) is 5.69 Å². The van der Waals surface area contributed by atoms with Gasteiger partial charge in [0.15, 0.2) is 0 Å². The Hall–Kier alpha value is -2.09. The van der Waals surface area contributed by atoms with E-state index in [4.69, 9.17) is 0 Å². The number of hydrogen-bond acceptors (Lipinski definition) is 2. The number of carbonyl (C=O) groups is 1. The van der Waals surface area contributed by atoms with E-state index in [1.165, 1.54) is 11.1 Å². The molecule has 0 unspecified atom stereocenters. The van der Waals surface area contributed by atoms with Crippen molar-refractivity contribution in [3.8, 4) is 0 Å². The van der Waals surface area contributed by atoms with Crippen molar-refractivity contribution in [2.75, 3.05) is 5.32 Å². The quantitative estimate of drug-likeness (QED) is 0.868. The third-order valence-corrected chi connectivity index (χ3v) is 4.50. The highest BCUT2D eigenvalue weighted by Gasteiger charge is 2.31. The molecule has 0 radical (unpaired) electrons. The normalized spacial score (nSPS) is 19.7. The molecule has 0 heterocycles. The van der Waals surface area contributed by atoms with Gasteiger partial charge in [-0.3, -0.25) is 4.79 Å². The number of anilines is 1. The van der Waals surface area contributed by atoms with Crippen LogP contribution in [-0.2, 0) is 4.79 Å². The maximum Gasteiger partial charge on any atom is 0.138 e. The first kappa shape index (κ1) is 14.8. The number of hydrogen-bond donors (Lipinski definition) is 1. The molecule has 1 saturated carbocycles. The van der Waals surface area contributed by atoms with Crippen LogP contribution in [0.2, 0.25) is 0 Å². The predicted molar refractivity (Wildman–Crippen MR) is 90.9 cm³/mol. The van der Waals surface area contributed by atoms with E-state index in [-0.39, 0.29) is 12.0 Å². The molecule has 3 rings (SSSR count). The van der Waals surface area contributed by atoms with Crippen LogP contribution in [0.25, 0.3) is 0 Å². The third kappa shape index (κ3) is 3.38. The van der Waals surface area contributed by atoms with Crippen molar-refractivity contribution in [2.24, 2.45) is 5.92 Å². The lowest BCUT2D eigenvalue weighted by atomic mass is 9.80. The first-order chi connectivity index (χ1) is 10.7. The van der Waals surface area contributed by atoms with E-state index in [0.29, 0.717) is 5.78 Å². The average molecular weight is 293 g/mol. The van der Waals surface area contributed by atoms with Crippen LogP contribution in [0.1, 0.15) is 42.9 Å². The highest BCUT2D eigenvalue weighted by molar-refractivity contribution is 5.83. The summed E-state index contributed by atoms with van der Waals surface area (Å²) in [6.45, 7) is 2.09. The van der Waals surface area contributed by atoms with Crippen LogP contribution in [0.5, 0.6) is 0 Å². The molecule has 114 valence electrons. The number of Topliss-reactive ketones (excluding diaryl/α,β-unsaturated/α-hetero) is 1. The summed E-state index contributed by atoms with van der Waals surface area (Å²) < 4.78 is 0. The number of carbonyl (C=O) groups excluding carboxylic acids is 1. The van der Waals surface area contributed by atoms with Crippen molar-refractivity contribution in [1.29, 1.82) is 0 Å². The third-order valence-electron chi connectivity index (χ3n) is 4.50. The first-order valence-electron chi connectivity index (χ1n) is 8.15. The second kappa shape index (κ2) is 6.78. The lowest BCUT2D eigenvalue weighted by Gasteiger charge is -2.31. The molecule has 0 spiro atoms. The van der Waals surface area contributed by atoms with Crippen LogP contribution in [0.15, 0.2) is 54.6 Å². The molecular weight excluding hydrogens is 270 g/mol. The van der Waals surface area contributed by atoms with Gasteiger partial charge in [-0.05, 0) is 43.0 Å². The second-order valence-electron chi connectivity index (χ2n) is 6.22. The summed E-state index contributed by atoms with van der Waals surface area (Å²) in [6.07, 6.45) is 3.90. The minimum atomic E-state index is 0.0656. The van der Waals surface area contributed by atoms with Crippen molar-refractivity contribution >= 4 is 11.5 Å². The summed E-state index contributed by atoms with van der Waals surface area (Å²) in [5, 5.41) is 3.62.